The van der Waals surface area contributed by atoms with Crippen LogP contribution in [0.4, 0.5) is 11.6 Å². The number of aromatic nitrogens is 2. The van der Waals surface area contributed by atoms with E-state index >= 15 is 0 Å². The van der Waals surface area contributed by atoms with Crippen LogP contribution in [0.2, 0.25) is 0 Å². The molecule has 0 aliphatic heterocycles. The first-order valence-corrected chi connectivity index (χ1v) is 6.23. The first kappa shape index (κ1) is 12.1. The SMILES string of the molecule is CCNc1cc(NC2(CO)CCCC2)ncn1. The Kier molecular flexibility index (Phi) is 3.78. The molecule has 0 spiro atoms. The highest BCUT2D eigenvalue weighted by Crippen LogP contribution is 2.32. The minimum absolute atomic E-state index is 0.160. The largest absolute Gasteiger partial charge is 0.394 e. The molecule has 1 aromatic rings. The lowest BCUT2D eigenvalue weighted by Crippen LogP contribution is -2.39. The number of rotatable bonds is 5. The van der Waals surface area contributed by atoms with Crippen LogP contribution < -0.4 is 10.6 Å². The van der Waals surface area contributed by atoms with Crippen LogP contribution in [-0.2, 0) is 0 Å². The molecule has 0 atom stereocenters. The predicted octanol–water partition coefficient (Wildman–Crippen LogP) is 1.63. The molecule has 5 heteroatoms. The van der Waals surface area contributed by atoms with Crippen molar-refractivity contribution in [3.63, 3.8) is 0 Å². The van der Waals surface area contributed by atoms with E-state index in [-0.39, 0.29) is 12.1 Å². The molecule has 0 aromatic carbocycles. The van der Waals surface area contributed by atoms with E-state index < -0.39 is 0 Å². The molecule has 0 bridgehead atoms. The van der Waals surface area contributed by atoms with E-state index in [4.69, 9.17) is 0 Å². The summed E-state index contributed by atoms with van der Waals surface area (Å²) in [6, 6.07) is 1.89. The third-order valence-electron chi connectivity index (χ3n) is 3.28. The van der Waals surface area contributed by atoms with Gasteiger partial charge in [0.05, 0.1) is 12.1 Å². The Hall–Kier alpha value is -1.36. The Labute approximate surface area is 102 Å². The summed E-state index contributed by atoms with van der Waals surface area (Å²) in [6.45, 7) is 3.02. The minimum Gasteiger partial charge on any atom is -0.394 e. The van der Waals surface area contributed by atoms with Crippen LogP contribution in [0.5, 0.6) is 0 Å². The highest BCUT2D eigenvalue weighted by atomic mass is 16.3. The van der Waals surface area contributed by atoms with Crippen molar-refractivity contribution in [1.82, 2.24) is 9.97 Å². The average Bonchev–Trinajstić information content (AvgIpc) is 2.79. The number of nitrogens with zero attached hydrogens (tertiary/aromatic N) is 2. The van der Waals surface area contributed by atoms with Gasteiger partial charge in [0.15, 0.2) is 0 Å². The molecule has 0 radical (unpaired) electrons. The molecule has 1 heterocycles. The fraction of sp³-hybridized carbons (Fsp3) is 0.667. The van der Waals surface area contributed by atoms with E-state index in [9.17, 15) is 5.11 Å². The average molecular weight is 236 g/mol. The molecule has 17 heavy (non-hydrogen) atoms. The Bertz CT molecular complexity index is 363. The summed E-state index contributed by atoms with van der Waals surface area (Å²) in [5.74, 6) is 1.60. The fourth-order valence-electron chi connectivity index (χ4n) is 2.35. The maximum Gasteiger partial charge on any atom is 0.131 e. The third-order valence-corrected chi connectivity index (χ3v) is 3.28. The van der Waals surface area contributed by atoms with Gasteiger partial charge in [0.25, 0.3) is 0 Å². The summed E-state index contributed by atoms with van der Waals surface area (Å²) in [5, 5.41) is 16.0. The van der Waals surface area contributed by atoms with Gasteiger partial charge in [0.2, 0.25) is 0 Å². The molecule has 0 unspecified atom stereocenters. The second-order valence-electron chi connectivity index (χ2n) is 4.59. The zero-order valence-corrected chi connectivity index (χ0v) is 10.2. The van der Waals surface area contributed by atoms with Crippen LogP contribution in [0.3, 0.4) is 0 Å². The predicted molar refractivity (Wildman–Crippen MR) is 68.1 cm³/mol. The van der Waals surface area contributed by atoms with E-state index in [1.165, 1.54) is 12.8 Å². The lowest BCUT2D eigenvalue weighted by atomic mass is 9.99. The summed E-state index contributed by atoms with van der Waals surface area (Å²) in [7, 11) is 0. The zero-order valence-electron chi connectivity index (χ0n) is 10.2. The Balaban J connectivity index is 2.09. The van der Waals surface area contributed by atoms with E-state index in [1.807, 2.05) is 13.0 Å². The van der Waals surface area contributed by atoms with Crippen LogP contribution >= 0.6 is 0 Å². The molecule has 1 aliphatic carbocycles. The molecule has 0 amide bonds. The Morgan fingerprint density at radius 1 is 1.29 bits per heavy atom. The Morgan fingerprint density at radius 2 is 2.00 bits per heavy atom. The van der Waals surface area contributed by atoms with Crippen molar-refractivity contribution >= 4 is 11.6 Å². The van der Waals surface area contributed by atoms with Gasteiger partial charge in [0, 0.05) is 12.6 Å². The minimum atomic E-state index is -0.183. The molecule has 0 saturated heterocycles. The topological polar surface area (TPSA) is 70.1 Å². The molecular weight excluding hydrogens is 216 g/mol. The number of aliphatic hydroxyl groups is 1. The normalized spacial score (nSPS) is 18.0. The summed E-state index contributed by atoms with van der Waals surface area (Å²) in [4.78, 5) is 8.33. The molecule has 2 rings (SSSR count). The van der Waals surface area contributed by atoms with Crippen LogP contribution in [0.1, 0.15) is 32.6 Å². The van der Waals surface area contributed by atoms with Crippen molar-refractivity contribution in [3.05, 3.63) is 12.4 Å². The Morgan fingerprint density at radius 3 is 2.65 bits per heavy atom. The van der Waals surface area contributed by atoms with Crippen molar-refractivity contribution in [3.8, 4) is 0 Å². The number of aliphatic hydroxyl groups excluding tert-OH is 1. The van der Waals surface area contributed by atoms with Crippen molar-refractivity contribution in [2.75, 3.05) is 23.8 Å². The first-order chi connectivity index (χ1) is 8.28. The molecular formula is C12H20N4O. The van der Waals surface area contributed by atoms with E-state index in [0.29, 0.717) is 0 Å². The molecule has 1 saturated carbocycles. The van der Waals surface area contributed by atoms with Gasteiger partial charge < -0.3 is 15.7 Å². The molecule has 3 N–H and O–H groups in total. The summed E-state index contributed by atoms with van der Waals surface area (Å²) in [6.07, 6.45) is 5.88. The van der Waals surface area contributed by atoms with Crippen LogP contribution in [0, 0.1) is 0 Å². The van der Waals surface area contributed by atoms with Crippen LogP contribution in [0.25, 0.3) is 0 Å². The monoisotopic (exact) mass is 236 g/mol. The van der Waals surface area contributed by atoms with Gasteiger partial charge >= 0.3 is 0 Å². The molecule has 1 fully saturated rings. The van der Waals surface area contributed by atoms with Gasteiger partial charge in [-0.3, -0.25) is 0 Å². The van der Waals surface area contributed by atoms with Gasteiger partial charge in [-0.1, -0.05) is 12.8 Å². The summed E-state index contributed by atoms with van der Waals surface area (Å²) >= 11 is 0. The van der Waals surface area contributed by atoms with Crippen LogP contribution in [0.15, 0.2) is 12.4 Å². The van der Waals surface area contributed by atoms with E-state index in [1.54, 1.807) is 6.33 Å². The number of nitrogens with one attached hydrogen (secondary N) is 2. The summed E-state index contributed by atoms with van der Waals surface area (Å²) < 4.78 is 0. The van der Waals surface area contributed by atoms with Gasteiger partial charge in [-0.15, -0.1) is 0 Å². The molecule has 1 aromatic heterocycles. The lowest BCUT2D eigenvalue weighted by molar-refractivity contribution is 0.214. The first-order valence-electron chi connectivity index (χ1n) is 6.23. The van der Waals surface area contributed by atoms with Crippen molar-refractivity contribution < 1.29 is 5.11 Å². The van der Waals surface area contributed by atoms with Crippen molar-refractivity contribution in [2.45, 2.75) is 38.1 Å². The van der Waals surface area contributed by atoms with Gasteiger partial charge in [0.1, 0.15) is 18.0 Å². The van der Waals surface area contributed by atoms with Crippen molar-refractivity contribution in [1.29, 1.82) is 0 Å². The standard InChI is InChI=1S/C12H20N4O/c1-2-13-10-7-11(15-9-14-10)16-12(8-17)5-3-4-6-12/h7,9,17H,2-6,8H2,1H3,(H2,13,14,15,16). The van der Waals surface area contributed by atoms with E-state index in [2.05, 4.69) is 20.6 Å². The summed E-state index contributed by atoms with van der Waals surface area (Å²) in [5.41, 5.74) is -0.183. The third kappa shape index (κ3) is 2.85. The highest BCUT2D eigenvalue weighted by Gasteiger charge is 2.33. The quantitative estimate of drug-likeness (QED) is 0.725. The number of hydrogen-bond donors (Lipinski definition) is 3. The van der Waals surface area contributed by atoms with Gasteiger partial charge in [-0.2, -0.15) is 0 Å². The molecule has 1 aliphatic rings. The smallest absolute Gasteiger partial charge is 0.131 e. The lowest BCUT2D eigenvalue weighted by Gasteiger charge is -2.28. The van der Waals surface area contributed by atoms with E-state index in [0.717, 1.165) is 31.0 Å². The highest BCUT2D eigenvalue weighted by molar-refractivity contribution is 5.48. The maximum absolute atomic E-state index is 9.53. The zero-order chi connectivity index (χ0) is 12.1. The van der Waals surface area contributed by atoms with Gasteiger partial charge in [-0.05, 0) is 19.8 Å². The maximum atomic E-state index is 9.53. The fourth-order valence-corrected chi connectivity index (χ4v) is 2.35. The van der Waals surface area contributed by atoms with Crippen LogP contribution in [-0.4, -0.2) is 33.8 Å². The second-order valence-corrected chi connectivity index (χ2v) is 4.59. The number of hydrogen-bond acceptors (Lipinski definition) is 5. The molecule has 94 valence electrons. The number of anilines is 2. The molecule has 5 nitrogen and oxygen atoms in total. The van der Waals surface area contributed by atoms with Crippen molar-refractivity contribution in [2.24, 2.45) is 0 Å². The van der Waals surface area contributed by atoms with Gasteiger partial charge in [-0.25, -0.2) is 9.97 Å². The second kappa shape index (κ2) is 5.31.